The number of benzene rings is 2. The van der Waals surface area contributed by atoms with Gasteiger partial charge in [-0.25, -0.2) is 0 Å². The van der Waals surface area contributed by atoms with Crippen LogP contribution < -0.4 is 5.11 Å². The summed E-state index contributed by atoms with van der Waals surface area (Å²) in [5.74, 6) is -1.09. The lowest BCUT2D eigenvalue weighted by atomic mass is 10.1. The normalized spacial score (nSPS) is 11.6. The topological polar surface area (TPSA) is 79.0 Å². The highest BCUT2D eigenvalue weighted by atomic mass is 35.5. The zero-order valence-electron chi connectivity index (χ0n) is 14.0. The SMILES string of the molecule is Cc1ccc(C)c(/C=C(/Sc2nnc(-c3ccccc3Cl)o2)C(=O)[O-])c1. The average Bonchev–Trinajstić information content (AvgIpc) is 3.06. The van der Waals surface area contributed by atoms with Crippen molar-refractivity contribution in [1.29, 1.82) is 0 Å². The third-order valence-electron chi connectivity index (χ3n) is 3.63. The summed E-state index contributed by atoms with van der Waals surface area (Å²) < 4.78 is 5.55. The number of carbonyl (C=O) groups excluding carboxylic acids is 1. The summed E-state index contributed by atoms with van der Waals surface area (Å²) in [7, 11) is 0. The van der Waals surface area contributed by atoms with Gasteiger partial charge in [0.05, 0.1) is 16.6 Å². The fourth-order valence-electron chi connectivity index (χ4n) is 2.28. The summed E-state index contributed by atoms with van der Waals surface area (Å²) in [6.07, 6.45) is 1.54. The fourth-order valence-corrected chi connectivity index (χ4v) is 3.15. The van der Waals surface area contributed by atoms with Gasteiger partial charge in [0.25, 0.3) is 5.22 Å². The number of halogens is 1. The Balaban J connectivity index is 1.90. The van der Waals surface area contributed by atoms with Crippen LogP contribution in [0.1, 0.15) is 16.7 Å². The maximum absolute atomic E-state index is 11.5. The molecule has 132 valence electrons. The highest BCUT2D eigenvalue weighted by Crippen LogP contribution is 2.32. The largest absolute Gasteiger partial charge is 0.544 e. The van der Waals surface area contributed by atoms with Gasteiger partial charge < -0.3 is 14.3 Å². The van der Waals surface area contributed by atoms with Gasteiger partial charge in [-0.15, -0.1) is 10.2 Å². The molecule has 0 atom stereocenters. The van der Waals surface area contributed by atoms with Gasteiger partial charge >= 0.3 is 0 Å². The van der Waals surface area contributed by atoms with E-state index in [-0.39, 0.29) is 16.0 Å². The van der Waals surface area contributed by atoms with Crippen LogP contribution in [0.5, 0.6) is 0 Å². The van der Waals surface area contributed by atoms with Crippen LogP contribution in [0.25, 0.3) is 17.5 Å². The van der Waals surface area contributed by atoms with E-state index in [2.05, 4.69) is 10.2 Å². The van der Waals surface area contributed by atoms with Gasteiger partial charge in [-0.3, -0.25) is 0 Å². The molecule has 0 aliphatic rings. The molecule has 2 aromatic carbocycles. The number of carboxylic acids is 1. The molecule has 0 bridgehead atoms. The predicted molar refractivity (Wildman–Crippen MR) is 99.5 cm³/mol. The first-order valence-electron chi connectivity index (χ1n) is 7.70. The number of aryl methyl sites for hydroxylation is 2. The Morgan fingerprint density at radius 2 is 1.96 bits per heavy atom. The van der Waals surface area contributed by atoms with E-state index in [1.165, 1.54) is 0 Å². The van der Waals surface area contributed by atoms with E-state index in [1.54, 1.807) is 30.3 Å². The zero-order valence-corrected chi connectivity index (χ0v) is 15.6. The molecule has 0 N–H and O–H groups in total. The van der Waals surface area contributed by atoms with Gasteiger partial charge in [-0.2, -0.15) is 0 Å². The number of carbonyl (C=O) groups is 1. The van der Waals surface area contributed by atoms with E-state index < -0.39 is 5.97 Å². The van der Waals surface area contributed by atoms with Crippen LogP contribution in [-0.4, -0.2) is 16.2 Å². The lowest BCUT2D eigenvalue weighted by Crippen LogP contribution is -2.23. The number of carboxylic acid groups (broad SMARTS) is 1. The van der Waals surface area contributed by atoms with E-state index in [4.69, 9.17) is 16.0 Å². The van der Waals surface area contributed by atoms with Crippen LogP contribution in [0.2, 0.25) is 5.02 Å². The lowest BCUT2D eigenvalue weighted by Gasteiger charge is -2.08. The van der Waals surface area contributed by atoms with Crippen LogP contribution in [0.3, 0.4) is 0 Å². The summed E-state index contributed by atoms with van der Waals surface area (Å²) in [5.41, 5.74) is 3.37. The Morgan fingerprint density at radius 1 is 1.19 bits per heavy atom. The molecule has 0 fully saturated rings. The molecule has 0 saturated carbocycles. The minimum Gasteiger partial charge on any atom is -0.544 e. The standard InChI is InChI=1S/C19H15ClN2O3S/c1-11-7-8-12(2)13(9-11)10-16(18(23)24)26-19-22-21-17(25-19)14-5-3-4-6-15(14)20/h3-10H,1-2H3,(H,23,24)/p-1/b16-10+. The Bertz CT molecular complexity index is 998. The first kappa shape index (κ1) is 18.2. The second-order valence-electron chi connectivity index (χ2n) is 5.61. The summed E-state index contributed by atoms with van der Waals surface area (Å²) in [6.45, 7) is 3.85. The van der Waals surface area contributed by atoms with Crippen LogP contribution in [0.15, 0.2) is 57.0 Å². The summed E-state index contributed by atoms with van der Waals surface area (Å²) in [4.78, 5) is 11.5. The van der Waals surface area contributed by atoms with E-state index in [9.17, 15) is 9.90 Å². The van der Waals surface area contributed by atoms with Gasteiger partial charge in [0.1, 0.15) is 0 Å². The molecule has 0 unspecified atom stereocenters. The molecule has 3 aromatic rings. The van der Waals surface area contributed by atoms with Crippen molar-refractivity contribution in [2.75, 3.05) is 0 Å². The van der Waals surface area contributed by atoms with Crippen molar-refractivity contribution in [3.8, 4) is 11.5 Å². The molecule has 0 saturated heterocycles. The van der Waals surface area contributed by atoms with Gasteiger partial charge in [-0.1, -0.05) is 47.5 Å². The predicted octanol–water partition coefficient (Wildman–Crippen LogP) is 3.89. The first-order chi connectivity index (χ1) is 12.4. The summed E-state index contributed by atoms with van der Waals surface area (Å²) >= 11 is 6.96. The maximum Gasteiger partial charge on any atom is 0.281 e. The van der Waals surface area contributed by atoms with Crippen molar-refractivity contribution < 1.29 is 14.3 Å². The fraction of sp³-hybridized carbons (Fsp3) is 0.105. The Labute approximate surface area is 159 Å². The molecular formula is C19H14ClN2O3S-. The van der Waals surface area contributed by atoms with E-state index >= 15 is 0 Å². The third kappa shape index (κ3) is 4.15. The van der Waals surface area contributed by atoms with E-state index in [1.807, 2.05) is 32.0 Å². The van der Waals surface area contributed by atoms with Crippen molar-refractivity contribution in [3.05, 3.63) is 69.1 Å². The van der Waals surface area contributed by atoms with E-state index in [0.717, 1.165) is 28.5 Å². The second kappa shape index (κ2) is 7.76. The molecule has 0 aliphatic carbocycles. The molecule has 0 radical (unpaired) electrons. The Hall–Kier alpha value is -2.57. The first-order valence-corrected chi connectivity index (χ1v) is 8.90. The van der Waals surface area contributed by atoms with Crippen LogP contribution >= 0.6 is 23.4 Å². The highest BCUT2D eigenvalue weighted by Gasteiger charge is 2.14. The highest BCUT2D eigenvalue weighted by molar-refractivity contribution is 8.03. The smallest absolute Gasteiger partial charge is 0.281 e. The molecule has 3 rings (SSSR count). The molecule has 5 nitrogen and oxygen atoms in total. The Morgan fingerprint density at radius 3 is 2.69 bits per heavy atom. The summed E-state index contributed by atoms with van der Waals surface area (Å²) in [5, 5.41) is 19.9. The molecule has 0 spiro atoms. The molecule has 1 aromatic heterocycles. The van der Waals surface area contributed by atoms with Crippen molar-refractivity contribution in [2.45, 2.75) is 19.1 Å². The van der Waals surface area contributed by atoms with Crippen LogP contribution in [-0.2, 0) is 4.79 Å². The average molecular weight is 386 g/mol. The number of nitrogens with zero attached hydrogens (tertiary/aromatic N) is 2. The maximum atomic E-state index is 11.5. The number of thioether (sulfide) groups is 1. The third-order valence-corrected chi connectivity index (χ3v) is 4.80. The quantitative estimate of drug-likeness (QED) is 0.489. The van der Waals surface area contributed by atoms with Gasteiger partial charge in [0, 0.05) is 4.91 Å². The van der Waals surface area contributed by atoms with Crippen molar-refractivity contribution in [2.24, 2.45) is 0 Å². The number of hydrogen-bond donors (Lipinski definition) is 0. The number of aliphatic carboxylic acids is 1. The number of aromatic nitrogens is 2. The van der Waals surface area contributed by atoms with Gasteiger partial charge in [0.15, 0.2) is 0 Å². The molecule has 1 heterocycles. The van der Waals surface area contributed by atoms with Crippen molar-refractivity contribution >= 4 is 35.4 Å². The van der Waals surface area contributed by atoms with E-state index in [0.29, 0.717) is 10.6 Å². The minimum absolute atomic E-state index is 0.0203. The summed E-state index contributed by atoms with van der Waals surface area (Å²) in [6, 6.07) is 12.8. The molecule has 7 heteroatoms. The Kier molecular flexibility index (Phi) is 5.44. The van der Waals surface area contributed by atoms with Gasteiger partial charge in [0.2, 0.25) is 5.89 Å². The van der Waals surface area contributed by atoms with Crippen molar-refractivity contribution in [3.63, 3.8) is 0 Å². The van der Waals surface area contributed by atoms with Gasteiger partial charge in [-0.05, 0) is 54.9 Å². The minimum atomic E-state index is -1.31. The molecular weight excluding hydrogens is 372 g/mol. The van der Waals surface area contributed by atoms with Crippen LogP contribution in [0.4, 0.5) is 0 Å². The van der Waals surface area contributed by atoms with Crippen LogP contribution in [0, 0.1) is 13.8 Å². The molecule has 0 aliphatic heterocycles. The molecule has 26 heavy (non-hydrogen) atoms. The zero-order chi connectivity index (χ0) is 18.7. The molecule has 0 amide bonds. The lowest BCUT2D eigenvalue weighted by molar-refractivity contribution is -0.298. The monoisotopic (exact) mass is 385 g/mol. The number of hydrogen-bond acceptors (Lipinski definition) is 6. The second-order valence-corrected chi connectivity index (χ2v) is 7.01. The number of rotatable bonds is 5. The van der Waals surface area contributed by atoms with Crippen molar-refractivity contribution in [1.82, 2.24) is 10.2 Å².